The normalized spacial score (nSPS) is 15.9. The number of piperidine rings is 1. The highest BCUT2D eigenvalue weighted by molar-refractivity contribution is 6.83. The molecule has 1 aliphatic rings. The molecule has 1 aliphatic heterocycles. The van der Waals surface area contributed by atoms with Gasteiger partial charge < -0.3 is 15.4 Å². The third-order valence-corrected chi connectivity index (χ3v) is 7.26. The first-order valence-corrected chi connectivity index (χ1v) is 12.9. The van der Waals surface area contributed by atoms with Crippen LogP contribution in [-0.4, -0.2) is 37.0 Å². The second-order valence-electron chi connectivity index (χ2n) is 8.03. The molecule has 0 unspecified atom stereocenters. The van der Waals surface area contributed by atoms with Crippen molar-refractivity contribution in [3.8, 4) is 0 Å². The number of carbonyl (C=O) groups is 1. The van der Waals surface area contributed by atoms with Crippen LogP contribution >= 0.6 is 0 Å². The molecule has 0 bridgehead atoms. The Labute approximate surface area is 168 Å². The van der Waals surface area contributed by atoms with Crippen molar-refractivity contribution in [2.24, 2.45) is 5.73 Å². The summed E-state index contributed by atoms with van der Waals surface area (Å²) in [5.74, 6) is 0.530. The maximum atomic E-state index is 12.6. The second-order valence-corrected chi connectivity index (χ2v) is 11.7. The van der Waals surface area contributed by atoms with Gasteiger partial charge in [0.1, 0.15) is 0 Å². The number of hydrogen-bond donors (Lipinski definition) is 2. The Hall–Kier alpha value is -2.21. The van der Waals surface area contributed by atoms with Gasteiger partial charge in [0.25, 0.3) is 0 Å². The summed E-state index contributed by atoms with van der Waals surface area (Å²) >= 11 is 0. The summed E-state index contributed by atoms with van der Waals surface area (Å²) in [7, 11) is -2.43. The van der Waals surface area contributed by atoms with Crippen molar-refractivity contribution in [2.45, 2.75) is 38.4 Å². The molecule has 1 heterocycles. The quantitative estimate of drug-likeness (QED) is 0.605. The molecule has 0 aliphatic carbocycles. The number of carbonyl (C=O) groups excluding carboxylic acids is 1. The van der Waals surface area contributed by atoms with Gasteiger partial charge in [0, 0.05) is 25.7 Å². The van der Waals surface area contributed by atoms with E-state index in [2.05, 4.69) is 24.3 Å². The zero-order chi connectivity index (χ0) is 20.1. The lowest BCUT2D eigenvalue weighted by molar-refractivity contribution is -0.126. The Morgan fingerprint density at radius 2 is 1.89 bits per heavy atom. The predicted octanol–water partition coefficient (Wildman–Crippen LogP) is 2.97. The van der Waals surface area contributed by atoms with Gasteiger partial charge in [0.05, 0.1) is 0 Å². The summed E-state index contributed by atoms with van der Waals surface area (Å²) < 4.78 is 0. The molecule has 3 N–H and O–H groups in total. The van der Waals surface area contributed by atoms with Crippen LogP contribution in [0, 0.1) is 0 Å². The van der Waals surface area contributed by atoms with Crippen molar-refractivity contribution in [3.05, 3.63) is 71.3 Å². The van der Waals surface area contributed by atoms with Crippen molar-refractivity contribution in [1.82, 2.24) is 4.90 Å². The molecule has 1 amide bonds. The molecule has 148 valence electrons. The maximum absolute atomic E-state index is 12.6. The van der Waals surface area contributed by atoms with Crippen molar-refractivity contribution in [3.63, 3.8) is 0 Å². The lowest BCUT2D eigenvalue weighted by Gasteiger charge is -2.31. The summed E-state index contributed by atoms with van der Waals surface area (Å²) in [4.78, 5) is 25.0. The minimum absolute atomic E-state index is 0.0429. The highest BCUT2D eigenvalue weighted by Crippen LogP contribution is 2.28. The smallest absolute Gasteiger partial charge is 0.246 e. The number of amides is 1. The van der Waals surface area contributed by atoms with Crippen LogP contribution in [0.1, 0.15) is 35.4 Å². The first kappa shape index (κ1) is 20.5. The number of benzene rings is 2. The van der Waals surface area contributed by atoms with Gasteiger partial charge in [-0.2, -0.15) is 0 Å². The van der Waals surface area contributed by atoms with Crippen molar-refractivity contribution in [1.29, 1.82) is 0 Å². The van der Waals surface area contributed by atoms with Crippen LogP contribution in [0.5, 0.6) is 0 Å². The van der Waals surface area contributed by atoms with Crippen molar-refractivity contribution in [2.75, 3.05) is 13.1 Å². The number of likely N-dealkylation sites (tertiary alicyclic amines) is 1. The SMILES string of the molecule is C[Si](C)(O)c1ccccc1/C=C/C(=O)N1CCC(c2cccc(CN)c2)CC1. The van der Waals surface area contributed by atoms with Gasteiger partial charge >= 0.3 is 0 Å². The molecule has 0 aromatic heterocycles. The van der Waals surface area contributed by atoms with Gasteiger partial charge in [-0.25, -0.2) is 0 Å². The third kappa shape index (κ3) is 4.98. The van der Waals surface area contributed by atoms with E-state index in [0.29, 0.717) is 12.5 Å². The van der Waals surface area contributed by atoms with Gasteiger partial charge in [-0.1, -0.05) is 48.5 Å². The number of rotatable bonds is 5. The molecule has 1 saturated heterocycles. The number of nitrogens with zero attached hydrogens (tertiary/aromatic N) is 1. The monoisotopic (exact) mass is 394 g/mol. The average Bonchev–Trinajstić information content (AvgIpc) is 2.71. The van der Waals surface area contributed by atoms with Gasteiger partial charge in [-0.15, -0.1) is 0 Å². The molecule has 4 nitrogen and oxygen atoms in total. The van der Waals surface area contributed by atoms with Crippen molar-refractivity contribution >= 4 is 25.5 Å². The number of hydrogen-bond acceptors (Lipinski definition) is 3. The second kappa shape index (κ2) is 8.86. The van der Waals surface area contributed by atoms with Gasteiger partial charge in [0.15, 0.2) is 0 Å². The van der Waals surface area contributed by atoms with Crippen LogP contribution in [0.3, 0.4) is 0 Å². The third-order valence-electron chi connectivity index (χ3n) is 5.49. The largest absolute Gasteiger partial charge is 0.428 e. The lowest BCUT2D eigenvalue weighted by Crippen LogP contribution is -2.43. The fourth-order valence-electron chi connectivity index (χ4n) is 3.87. The zero-order valence-corrected chi connectivity index (χ0v) is 17.8. The average molecular weight is 395 g/mol. The van der Waals surface area contributed by atoms with Crippen LogP contribution in [0.15, 0.2) is 54.6 Å². The van der Waals surface area contributed by atoms with E-state index in [-0.39, 0.29) is 5.91 Å². The predicted molar refractivity (Wildman–Crippen MR) is 118 cm³/mol. The fourth-order valence-corrected chi connectivity index (χ4v) is 5.25. The highest BCUT2D eigenvalue weighted by Gasteiger charge is 2.24. The summed E-state index contributed by atoms with van der Waals surface area (Å²) in [5.41, 5.74) is 9.18. The molecule has 1 fully saturated rings. The molecular formula is C23H30N2O2Si. The summed E-state index contributed by atoms with van der Waals surface area (Å²) in [6.45, 7) is 5.88. The summed E-state index contributed by atoms with van der Waals surface area (Å²) in [5, 5.41) is 0.956. The van der Waals surface area contributed by atoms with Gasteiger partial charge in [-0.05, 0) is 59.8 Å². The molecule has 28 heavy (non-hydrogen) atoms. The number of nitrogens with two attached hydrogens (primary N) is 1. The standard InChI is InChI=1S/C23H30N2O2Si/c1-28(2,27)22-9-4-3-7-20(22)10-11-23(26)25-14-12-19(13-15-25)21-8-5-6-18(16-21)17-24/h3-11,16,19,27H,12-15,17,24H2,1-2H3/b11-10+. The summed E-state index contributed by atoms with van der Waals surface area (Å²) in [6.07, 6.45) is 5.44. The maximum Gasteiger partial charge on any atom is 0.246 e. The molecule has 2 aromatic rings. The van der Waals surface area contributed by atoms with E-state index >= 15 is 0 Å². The van der Waals surface area contributed by atoms with E-state index in [4.69, 9.17) is 5.73 Å². The molecule has 0 radical (unpaired) electrons. The Morgan fingerprint density at radius 3 is 2.57 bits per heavy atom. The first-order valence-electron chi connectivity index (χ1n) is 9.96. The van der Waals surface area contributed by atoms with E-state index in [1.165, 1.54) is 5.56 Å². The van der Waals surface area contributed by atoms with Crippen LogP contribution < -0.4 is 10.9 Å². The molecule has 5 heteroatoms. The Kier molecular flexibility index (Phi) is 6.49. The van der Waals surface area contributed by atoms with Gasteiger partial charge in [0.2, 0.25) is 14.2 Å². The molecule has 0 atom stereocenters. The van der Waals surface area contributed by atoms with Gasteiger partial charge in [-0.3, -0.25) is 4.79 Å². The zero-order valence-electron chi connectivity index (χ0n) is 16.8. The van der Waals surface area contributed by atoms with Crippen LogP contribution in [0.25, 0.3) is 6.08 Å². The molecule has 3 rings (SSSR count). The topological polar surface area (TPSA) is 66.6 Å². The lowest BCUT2D eigenvalue weighted by atomic mass is 9.88. The molecule has 2 aromatic carbocycles. The molecular weight excluding hydrogens is 364 g/mol. The Bertz CT molecular complexity index is 850. The minimum Gasteiger partial charge on any atom is -0.428 e. The Balaban J connectivity index is 1.62. The first-order chi connectivity index (χ1) is 13.4. The van der Waals surface area contributed by atoms with E-state index in [1.54, 1.807) is 6.08 Å². The van der Waals surface area contributed by atoms with Crippen LogP contribution in [-0.2, 0) is 11.3 Å². The van der Waals surface area contributed by atoms with Crippen LogP contribution in [0.4, 0.5) is 0 Å². The van der Waals surface area contributed by atoms with E-state index in [9.17, 15) is 9.59 Å². The summed E-state index contributed by atoms with van der Waals surface area (Å²) in [6, 6.07) is 16.3. The fraction of sp³-hybridized carbons (Fsp3) is 0.348. The molecule has 0 spiro atoms. The van der Waals surface area contributed by atoms with Crippen LogP contribution in [0.2, 0.25) is 13.1 Å². The van der Waals surface area contributed by atoms with E-state index < -0.39 is 8.32 Å². The van der Waals surface area contributed by atoms with E-state index in [1.807, 2.05) is 48.3 Å². The minimum atomic E-state index is -2.43. The Morgan fingerprint density at radius 1 is 1.18 bits per heavy atom. The van der Waals surface area contributed by atoms with E-state index in [0.717, 1.165) is 42.2 Å². The van der Waals surface area contributed by atoms with Crippen molar-refractivity contribution < 1.29 is 9.59 Å². The highest BCUT2D eigenvalue weighted by atomic mass is 28.4. The molecule has 0 saturated carbocycles.